The van der Waals surface area contributed by atoms with Crippen molar-refractivity contribution in [3.05, 3.63) is 0 Å². The van der Waals surface area contributed by atoms with Gasteiger partial charge < -0.3 is 10.2 Å². The first-order chi connectivity index (χ1) is 14.1. The third-order valence-corrected chi connectivity index (χ3v) is 11.2. The normalized spacial score (nSPS) is 51.1. The maximum absolute atomic E-state index is 14.0. The van der Waals surface area contributed by atoms with Gasteiger partial charge in [-0.25, -0.2) is 0 Å². The van der Waals surface area contributed by atoms with E-state index < -0.39 is 11.2 Å². The highest BCUT2D eigenvalue weighted by molar-refractivity contribution is 5.85. The lowest BCUT2D eigenvalue weighted by molar-refractivity contribution is -0.191. The van der Waals surface area contributed by atoms with E-state index >= 15 is 0 Å². The minimum atomic E-state index is -0.609. The summed E-state index contributed by atoms with van der Waals surface area (Å²) in [4.78, 5) is 14.0. The predicted octanol–water partition coefficient (Wildman–Crippen LogP) is 6.15. The second-order valence-electron chi connectivity index (χ2n) is 14.1. The van der Waals surface area contributed by atoms with Crippen molar-refractivity contribution < 1.29 is 15.0 Å². The molecule has 0 bridgehead atoms. The van der Waals surface area contributed by atoms with E-state index in [4.69, 9.17) is 0 Å². The number of Topliss-reactive ketones (excluding diaryl/α,β-unsaturated/α-hetero) is 1. The van der Waals surface area contributed by atoms with E-state index in [1.54, 1.807) is 0 Å². The summed E-state index contributed by atoms with van der Waals surface area (Å²) in [5.41, 5.74) is -0.910. The molecule has 0 heterocycles. The van der Waals surface area contributed by atoms with Crippen LogP contribution in [0.25, 0.3) is 0 Å². The summed E-state index contributed by atoms with van der Waals surface area (Å²) in [6, 6.07) is 0. The molecule has 0 aromatic rings. The van der Waals surface area contributed by atoms with Gasteiger partial charge in [-0.2, -0.15) is 0 Å². The van der Waals surface area contributed by atoms with E-state index in [1.807, 2.05) is 20.8 Å². The molecule has 4 aliphatic carbocycles. The summed E-state index contributed by atoms with van der Waals surface area (Å²) in [6.45, 7) is 15.5. The molecule has 9 atom stereocenters. The molecule has 0 radical (unpaired) electrons. The molecule has 0 amide bonds. The van der Waals surface area contributed by atoms with Crippen molar-refractivity contribution >= 4 is 5.78 Å². The van der Waals surface area contributed by atoms with Crippen molar-refractivity contribution in [1.82, 2.24) is 0 Å². The third-order valence-electron chi connectivity index (χ3n) is 11.2. The van der Waals surface area contributed by atoms with Gasteiger partial charge in [-0.1, -0.05) is 27.7 Å². The van der Waals surface area contributed by atoms with E-state index in [9.17, 15) is 15.0 Å². The number of rotatable bonds is 4. The van der Waals surface area contributed by atoms with Crippen LogP contribution in [0.4, 0.5) is 0 Å². The van der Waals surface area contributed by atoms with E-state index in [1.165, 1.54) is 19.3 Å². The van der Waals surface area contributed by atoms with E-state index in [-0.39, 0.29) is 22.2 Å². The fourth-order valence-corrected chi connectivity index (χ4v) is 9.71. The number of aliphatic hydroxyl groups is 2. The van der Waals surface area contributed by atoms with Gasteiger partial charge >= 0.3 is 0 Å². The van der Waals surface area contributed by atoms with Crippen LogP contribution < -0.4 is 0 Å². The molecule has 1 unspecified atom stereocenters. The molecule has 178 valence electrons. The summed E-state index contributed by atoms with van der Waals surface area (Å²) in [6.07, 6.45) is 10.1. The SMILES string of the molecule is C[C@H](CCC(C)(C)O)[C@H]1CC[C@H]2C3(C)CC[C@H]4C[C@@](C)(O)CC[C@]4(C)[C@H]3C(=O)C[C@]12C. The Bertz CT molecular complexity index is 720. The number of fused-ring (bicyclic) bond motifs is 5. The van der Waals surface area contributed by atoms with Crippen LogP contribution in [0, 0.1) is 45.8 Å². The van der Waals surface area contributed by atoms with Crippen LogP contribution in [-0.2, 0) is 4.79 Å². The standard InChI is InChI=1S/C28H48O3/c1-18(10-12-24(2,3)30)20-8-9-22-27(6)13-11-19-16-25(4,31)14-15-26(19,5)23(27)21(29)17-28(20,22)7/h18-20,22-23,30-31H,8-17H2,1-7H3/t18-,19+,20-,22+,23-,25+,26+,27?,28-/m1/s1. The summed E-state index contributed by atoms with van der Waals surface area (Å²) < 4.78 is 0. The highest BCUT2D eigenvalue weighted by Crippen LogP contribution is 2.72. The summed E-state index contributed by atoms with van der Waals surface area (Å²) in [5, 5.41) is 21.0. The van der Waals surface area contributed by atoms with Crippen LogP contribution in [0.2, 0.25) is 0 Å². The molecule has 0 spiro atoms. The topological polar surface area (TPSA) is 57.5 Å². The molecular weight excluding hydrogens is 384 g/mol. The van der Waals surface area contributed by atoms with Gasteiger partial charge in [0.15, 0.2) is 0 Å². The van der Waals surface area contributed by atoms with Gasteiger partial charge in [-0.05, 0) is 118 Å². The van der Waals surface area contributed by atoms with Crippen LogP contribution in [0.15, 0.2) is 0 Å². The Labute approximate surface area is 190 Å². The summed E-state index contributed by atoms with van der Waals surface area (Å²) >= 11 is 0. The fraction of sp³-hybridized carbons (Fsp3) is 0.964. The Morgan fingerprint density at radius 3 is 2.32 bits per heavy atom. The zero-order chi connectivity index (χ0) is 23.0. The molecule has 2 N–H and O–H groups in total. The van der Waals surface area contributed by atoms with Crippen LogP contribution >= 0.6 is 0 Å². The Hall–Kier alpha value is -0.410. The lowest BCUT2D eigenvalue weighted by atomic mass is 9.38. The zero-order valence-corrected chi connectivity index (χ0v) is 21.3. The monoisotopic (exact) mass is 432 g/mol. The number of hydrogen-bond acceptors (Lipinski definition) is 3. The van der Waals surface area contributed by atoms with E-state index in [2.05, 4.69) is 27.7 Å². The van der Waals surface area contributed by atoms with Crippen molar-refractivity contribution in [3.8, 4) is 0 Å². The van der Waals surface area contributed by atoms with Crippen LogP contribution in [0.5, 0.6) is 0 Å². The fourth-order valence-electron chi connectivity index (χ4n) is 9.71. The van der Waals surface area contributed by atoms with Gasteiger partial charge in [0.2, 0.25) is 0 Å². The first-order valence-electron chi connectivity index (χ1n) is 13.1. The average Bonchev–Trinajstić information content (AvgIpc) is 2.97. The molecule has 4 rings (SSSR count). The Morgan fingerprint density at radius 2 is 1.68 bits per heavy atom. The van der Waals surface area contributed by atoms with Crippen molar-refractivity contribution in [3.63, 3.8) is 0 Å². The lowest BCUT2D eigenvalue weighted by Crippen LogP contribution is -2.63. The molecule has 31 heavy (non-hydrogen) atoms. The van der Waals surface area contributed by atoms with Crippen LogP contribution in [0.1, 0.15) is 113 Å². The van der Waals surface area contributed by atoms with E-state index in [0.29, 0.717) is 29.5 Å². The van der Waals surface area contributed by atoms with Gasteiger partial charge in [0, 0.05) is 12.3 Å². The highest BCUT2D eigenvalue weighted by atomic mass is 16.3. The third kappa shape index (κ3) is 3.74. The number of carbonyl (C=O) groups excluding carboxylic acids is 1. The van der Waals surface area contributed by atoms with Crippen LogP contribution in [-0.4, -0.2) is 27.2 Å². The van der Waals surface area contributed by atoms with Crippen molar-refractivity contribution in [2.24, 2.45) is 45.8 Å². The van der Waals surface area contributed by atoms with Crippen molar-refractivity contribution in [1.29, 1.82) is 0 Å². The van der Waals surface area contributed by atoms with Gasteiger partial charge in [0.25, 0.3) is 0 Å². The summed E-state index contributed by atoms with van der Waals surface area (Å²) in [7, 11) is 0. The largest absolute Gasteiger partial charge is 0.390 e. The highest BCUT2D eigenvalue weighted by Gasteiger charge is 2.68. The maximum atomic E-state index is 14.0. The lowest BCUT2D eigenvalue weighted by Gasteiger charge is -2.65. The van der Waals surface area contributed by atoms with Gasteiger partial charge in [0.05, 0.1) is 11.2 Å². The average molecular weight is 433 g/mol. The second-order valence-corrected chi connectivity index (χ2v) is 14.1. The number of hydrogen-bond donors (Lipinski definition) is 2. The smallest absolute Gasteiger partial charge is 0.137 e. The first kappa shape index (κ1) is 23.7. The summed E-state index contributed by atoms with van der Waals surface area (Å²) in [5.74, 6) is 2.92. The van der Waals surface area contributed by atoms with Gasteiger partial charge in [0.1, 0.15) is 5.78 Å². The Kier molecular flexibility index (Phi) is 5.58. The number of carbonyl (C=O) groups is 1. The Balaban J connectivity index is 1.61. The van der Waals surface area contributed by atoms with Gasteiger partial charge in [-0.3, -0.25) is 4.79 Å². The molecule has 0 aromatic heterocycles. The maximum Gasteiger partial charge on any atom is 0.137 e. The van der Waals surface area contributed by atoms with Crippen LogP contribution in [0.3, 0.4) is 0 Å². The zero-order valence-electron chi connectivity index (χ0n) is 21.3. The molecule has 0 aliphatic heterocycles. The minimum absolute atomic E-state index is 0.0538. The second kappa shape index (κ2) is 7.29. The van der Waals surface area contributed by atoms with Crippen molar-refractivity contribution in [2.45, 2.75) is 124 Å². The van der Waals surface area contributed by atoms with Crippen molar-refractivity contribution in [2.75, 3.05) is 0 Å². The molecular formula is C28H48O3. The molecule has 3 nitrogen and oxygen atoms in total. The molecule has 0 saturated heterocycles. The quantitative estimate of drug-likeness (QED) is 0.560. The van der Waals surface area contributed by atoms with Gasteiger partial charge in [-0.15, -0.1) is 0 Å². The molecule has 4 fully saturated rings. The Morgan fingerprint density at radius 1 is 1.00 bits per heavy atom. The minimum Gasteiger partial charge on any atom is -0.390 e. The molecule has 4 saturated carbocycles. The first-order valence-corrected chi connectivity index (χ1v) is 13.1. The number of ketones is 1. The predicted molar refractivity (Wildman–Crippen MR) is 126 cm³/mol. The molecule has 0 aromatic carbocycles. The molecule has 4 aliphatic rings. The molecule has 3 heteroatoms. The van der Waals surface area contributed by atoms with E-state index in [0.717, 1.165) is 44.9 Å².